The van der Waals surface area contributed by atoms with E-state index < -0.39 is 0 Å². The predicted octanol–water partition coefficient (Wildman–Crippen LogP) is 1.95. The molecule has 2 saturated heterocycles. The molecule has 5 heteroatoms. The van der Waals surface area contributed by atoms with Gasteiger partial charge in [0.25, 0.3) is 0 Å². The third kappa shape index (κ3) is 4.38. The van der Waals surface area contributed by atoms with Crippen molar-refractivity contribution in [1.82, 2.24) is 10.2 Å². The van der Waals surface area contributed by atoms with Gasteiger partial charge >= 0.3 is 0 Å². The zero-order valence-corrected chi connectivity index (χ0v) is 14.1. The third-order valence-corrected chi connectivity index (χ3v) is 4.50. The molecule has 1 aromatic carbocycles. The van der Waals surface area contributed by atoms with Gasteiger partial charge in [-0.05, 0) is 31.9 Å². The first-order valence-corrected chi connectivity index (χ1v) is 8.81. The Hall–Kier alpha value is -1.75. The minimum atomic E-state index is 0.314. The Labute approximate surface area is 139 Å². The van der Waals surface area contributed by atoms with E-state index in [0.717, 1.165) is 58.3 Å². The van der Waals surface area contributed by atoms with Crippen LogP contribution in [0.15, 0.2) is 35.3 Å². The maximum atomic E-state index is 5.68. The highest BCUT2D eigenvalue weighted by Gasteiger charge is 2.21. The quantitative estimate of drug-likeness (QED) is 0.681. The number of piperazine rings is 1. The van der Waals surface area contributed by atoms with E-state index in [1.54, 1.807) is 0 Å². The Morgan fingerprint density at radius 2 is 2.00 bits per heavy atom. The van der Waals surface area contributed by atoms with E-state index in [1.807, 2.05) is 0 Å². The highest BCUT2D eigenvalue weighted by atomic mass is 16.5. The van der Waals surface area contributed by atoms with Crippen LogP contribution in [0, 0.1) is 0 Å². The summed E-state index contributed by atoms with van der Waals surface area (Å²) >= 11 is 0. The summed E-state index contributed by atoms with van der Waals surface area (Å²) < 4.78 is 5.68. The van der Waals surface area contributed by atoms with Gasteiger partial charge in [-0.1, -0.05) is 18.2 Å². The Morgan fingerprint density at radius 3 is 2.65 bits per heavy atom. The van der Waals surface area contributed by atoms with E-state index in [9.17, 15) is 0 Å². The minimum absolute atomic E-state index is 0.314. The second kappa shape index (κ2) is 8.20. The van der Waals surface area contributed by atoms with Crippen LogP contribution in [-0.4, -0.2) is 62.8 Å². The summed E-state index contributed by atoms with van der Waals surface area (Å²) in [6.07, 6.45) is 2.63. The van der Waals surface area contributed by atoms with Crippen LogP contribution in [0.5, 0.6) is 0 Å². The van der Waals surface area contributed by atoms with Crippen LogP contribution in [0.1, 0.15) is 19.8 Å². The van der Waals surface area contributed by atoms with Crippen LogP contribution >= 0.6 is 0 Å². The SMILES string of the molecule is CCNC(=NCC1CCCO1)N1CCN(c2ccccc2)CC1. The topological polar surface area (TPSA) is 40.1 Å². The summed E-state index contributed by atoms with van der Waals surface area (Å²) in [6.45, 7) is 8.79. The Bertz CT molecular complexity index is 491. The van der Waals surface area contributed by atoms with Crippen LogP contribution in [0.25, 0.3) is 0 Å². The Kier molecular flexibility index (Phi) is 5.75. The lowest BCUT2D eigenvalue weighted by molar-refractivity contribution is 0.117. The number of anilines is 1. The summed E-state index contributed by atoms with van der Waals surface area (Å²) in [7, 11) is 0. The number of guanidine groups is 1. The lowest BCUT2D eigenvalue weighted by atomic mass is 10.2. The molecule has 2 heterocycles. The molecule has 3 rings (SSSR count). The first kappa shape index (κ1) is 16.1. The maximum absolute atomic E-state index is 5.68. The normalized spacial score (nSPS) is 22.5. The van der Waals surface area contributed by atoms with Crippen molar-refractivity contribution in [2.75, 3.05) is 50.8 Å². The molecule has 2 aliphatic heterocycles. The number of rotatable bonds is 4. The average molecular weight is 316 g/mol. The van der Waals surface area contributed by atoms with Crippen molar-refractivity contribution in [3.05, 3.63) is 30.3 Å². The zero-order chi connectivity index (χ0) is 15.9. The molecule has 0 aromatic heterocycles. The lowest BCUT2D eigenvalue weighted by Gasteiger charge is -2.37. The van der Waals surface area contributed by atoms with E-state index in [4.69, 9.17) is 9.73 Å². The molecule has 2 aliphatic rings. The van der Waals surface area contributed by atoms with E-state index in [1.165, 1.54) is 12.1 Å². The standard InChI is InChI=1S/C18H28N4O/c1-2-19-18(20-15-17-9-6-14-23-17)22-12-10-21(11-13-22)16-7-4-3-5-8-16/h3-5,7-8,17H,2,6,9-15H2,1H3,(H,19,20). The third-order valence-electron chi connectivity index (χ3n) is 4.50. The molecule has 5 nitrogen and oxygen atoms in total. The van der Waals surface area contributed by atoms with E-state index in [0.29, 0.717) is 6.10 Å². The molecule has 0 bridgehead atoms. The fourth-order valence-corrected chi connectivity index (χ4v) is 3.22. The largest absolute Gasteiger partial charge is 0.376 e. The van der Waals surface area contributed by atoms with Crippen LogP contribution < -0.4 is 10.2 Å². The van der Waals surface area contributed by atoms with Crippen molar-refractivity contribution >= 4 is 11.6 Å². The number of aliphatic imine (C=N–C) groups is 1. The van der Waals surface area contributed by atoms with Crippen molar-refractivity contribution in [3.8, 4) is 0 Å². The van der Waals surface area contributed by atoms with Gasteiger partial charge < -0.3 is 19.9 Å². The highest BCUT2D eigenvalue weighted by Crippen LogP contribution is 2.16. The van der Waals surface area contributed by atoms with Crippen LogP contribution in [0.4, 0.5) is 5.69 Å². The second-order valence-electron chi connectivity index (χ2n) is 6.14. The predicted molar refractivity (Wildman–Crippen MR) is 95.2 cm³/mol. The summed E-state index contributed by atoms with van der Waals surface area (Å²) in [5.41, 5.74) is 1.31. The van der Waals surface area contributed by atoms with E-state index in [-0.39, 0.29) is 0 Å². The first-order valence-electron chi connectivity index (χ1n) is 8.81. The minimum Gasteiger partial charge on any atom is -0.376 e. The van der Waals surface area contributed by atoms with Gasteiger partial charge in [0.15, 0.2) is 5.96 Å². The zero-order valence-electron chi connectivity index (χ0n) is 14.1. The molecule has 1 unspecified atom stereocenters. The number of benzene rings is 1. The Balaban J connectivity index is 1.55. The molecule has 1 aromatic rings. The summed E-state index contributed by atoms with van der Waals surface area (Å²) in [4.78, 5) is 9.62. The fraction of sp³-hybridized carbons (Fsp3) is 0.611. The van der Waals surface area contributed by atoms with Gasteiger partial charge in [0, 0.05) is 45.0 Å². The molecule has 1 atom stereocenters. The molecule has 2 fully saturated rings. The molecule has 0 aliphatic carbocycles. The van der Waals surface area contributed by atoms with Crippen LogP contribution in [-0.2, 0) is 4.74 Å². The van der Waals surface area contributed by atoms with Crippen molar-refractivity contribution < 1.29 is 4.74 Å². The van der Waals surface area contributed by atoms with Crippen LogP contribution in [0.2, 0.25) is 0 Å². The fourth-order valence-electron chi connectivity index (χ4n) is 3.22. The van der Waals surface area contributed by atoms with E-state index >= 15 is 0 Å². The molecule has 0 saturated carbocycles. The van der Waals surface area contributed by atoms with Crippen molar-refractivity contribution in [1.29, 1.82) is 0 Å². The Morgan fingerprint density at radius 1 is 1.22 bits per heavy atom. The summed E-state index contributed by atoms with van der Waals surface area (Å²) in [6, 6.07) is 10.7. The monoisotopic (exact) mass is 316 g/mol. The van der Waals surface area contributed by atoms with Crippen molar-refractivity contribution in [3.63, 3.8) is 0 Å². The molecule has 0 amide bonds. The number of ether oxygens (including phenoxy) is 1. The van der Waals surface area contributed by atoms with Gasteiger partial charge in [-0.2, -0.15) is 0 Å². The maximum Gasteiger partial charge on any atom is 0.194 e. The number of hydrogen-bond donors (Lipinski definition) is 1. The van der Waals surface area contributed by atoms with Gasteiger partial charge in [0.2, 0.25) is 0 Å². The van der Waals surface area contributed by atoms with Gasteiger partial charge in [0.05, 0.1) is 12.6 Å². The molecule has 1 N–H and O–H groups in total. The summed E-state index contributed by atoms with van der Waals surface area (Å²) in [5, 5.41) is 3.43. The average Bonchev–Trinajstić information content (AvgIpc) is 3.13. The summed E-state index contributed by atoms with van der Waals surface area (Å²) in [5.74, 6) is 1.04. The number of hydrogen-bond acceptors (Lipinski definition) is 3. The highest BCUT2D eigenvalue weighted by molar-refractivity contribution is 5.80. The van der Waals surface area contributed by atoms with E-state index in [2.05, 4.69) is 52.4 Å². The van der Waals surface area contributed by atoms with Gasteiger partial charge in [-0.25, -0.2) is 0 Å². The van der Waals surface area contributed by atoms with Gasteiger partial charge in [-0.3, -0.25) is 4.99 Å². The van der Waals surface area contributed by atoms with Crippen molar-refractivity contribution in [2.45, 2.75) is 25.9 Å². The number of nitrogens with one attached hydrogen (secondary N) is 1. The lowest BCUT2D eigenvalue weighted by Crippen LogP contribution is -2.52. The van der Waals surface area contributed by atoms with Gasteiger partial charge in [-0.15, -0.1) is 0 Å². The van der Waals surface area contributed by atoms with Gasteiger partial charge in [0.1, 0.15) is 0 Å². The molecular weight excluding hydrogens is 288 g/mol. The number of para-hydroxylation sites is 1. The molecule has 23 heavy (non-hydrogen) atoms. The first-order chi connectivity index (χ1) is 11.4. The molecular formula is C18H28N4O. The smallest absolute Gasteiger partial charge is 0.194 e. The second-order valence-corrected chi connectivity index (χ2v) is 6.14. The van der Waals surface area contributed by atoms with Crippen LogP contribution in [0.3, 0.4) is 0 Å². The molecule has 0 radical (unpaired) electrons. The number of nitrogens with zero attached hydrogens (tertiary/aromatic N) is 3. The molecule has 126 valence electrons. The van der Waals surface area contributed by atoms with Crippen molar-refractivity contribution in [2.24, 2.45) is 4.99 Å². The molecule has 0 spiro atoms.